The van der Waals surface area contributed by atoms with E-state index in [1.54, 1.807) is 6.07 Å². The number of hydrogen-bond donors (Lipinski definition) is 1. The zero-order valence-electron chi connectivity index (χ0n) is 11.9. The van der Waals surface area contributed by atoms with E-state index in [1.807, 2.05) is 49.2 Å². The predicted molar refractivity (Wildman–Crippen MR) is 80.4 cm³/mol. The molecule has 0 aliphatic rings. The van der Waals surface area contributed by atoms with Crippen LogP contribution in [-0.4, -0.2) is 18.7 Å². The summed E-state index contributed by atoms with van der Waals surface area (Å²) in [5, 5.41) is 10.3. The van der Waals surface area contributed by atoms with Gasteiger partial charge in [-0.15, -0.1) is 0 Å². The maximum atomic E-state index is 13.2. The molecule has 0 radical (unpaired) electrons. The van der Waals surface area contributed by atoms with Crippen LogP contribution in [0.4, 0.5) is 10.1 Å². The predicted octanol–water partition coefficient (Wildman–Crippen LogP) is 3.69. The summed E-state index contributed by atoms with van der Waals surface area (Å²) in [7, 11) is 1.90. The van der Waals surface area contributed by atoms with E-state index < -0.39 is 6.10 Å². The molecule has 0 saturated carbocycles. The van der Waals surface area contributed by atoms with Gasteiger partial charge >= 0.3 is 0 Å². The molecular weight excluding hydrogens is 253 g/mol. The van der Waals surface area contributed by atoms with Crippen LogP contribution in [0.25, 0.3) is 0 Å². The lowest BCUT2D eigenvalue weighted by Gasteiger charge is -2.22. The van der Waals surface area contributed by atoms with Gasteiger partial charge in [-0.2, -0.15) is 0 Å². The minimum atomic E-state index is -0.493. The number of hydrogen-bond acceptors (Lipinski definition) is 2. The zero-order chi connectivity index (χ0) is 14.5. The highest BCUT2D eigenvalue weighted by atomic mass is 19.1. The molecule has 0 bridgehead atoms. The molecule has 3 heteroatoms. The first kappa shape index (κ1) is 14.5. The molecule has 1 N–H and O–H groups in total. The topological polar surface area (TPSA) is 23.5 Å². The average molecular weight is 273 g/mol. The first-order chi connectivity index (χ1) is 9.58. The molecule has 2 aromatic carbocycles. The molecule has 0 saturated heterocycles. The van der Waals surface area contributed by atoms with Crippen LogP contribution in [0.3, 0.4) is 0 Å². The van der Waals surface area contributed by atoms with Crippen LogP contribution in [0.1, 0.15) is 23.7 Å². The molecule has 2 rings (SSSR count). The van der Waals surface area contributed by atoms with Crippen molar-refractivity contribution in [2.24, 2.45) is 0 Å². The summed E-state index contributed by atoms with van der Waals surface area (Å²) in [6.45, 7) is 2.66. The lowest BCUT2D eigenvalue weighted by atomic mass is 10.0. The van der Waals surface area contributed by atoms with Gasteiger partial charge in [0.1, 0.15) is 5.82 Å². The smallest absolute Gasteiger partial charge is 0.125 e. The molecule has 0 aliphatic carbocycles. The van der Waals surface area contributed by atoms with Crippen LogP contribution in [-0.2, 0) is 0 Å². The Morgan fingerprint density at radius 1 is 1.15 bits per heavy atom. The molecule has 1 atom stereocenters. The van der Waals surface area contributed by atoms with E-state index in [0.29, 0.717) is 13.0 Å². The third-order valence-corrected chi connectivity index (χ3v) is 3.53. The number of nitrogens with zero attached hydrogens (tertiary/aromatic N) is 1. The quantitative estimate of drug-likeness (QED) is 0.898. The minimum absolute atomic E-state index is 0.242. The summed E-state index contributed by atoms with van der Waals surface area (Å²) in [4.78, 5) is 1.95. The van der Waals surface area contributed by atoms with Crippen LogP contribution in [0.5, 0.6) is 0 Å². The van der Waals surface area contributed by atoms with E-state index in [-0.39, 0.29) is 5.82 Å². The second-order valence-electron chi connectivity index (χ2n) is 5.06. The third kappa shape index (κ3) is 3.58. The zero-order valence-corrected chi connectivity index (χ0v) is 11.9. The fraction of sp³-hybridized carbons (Fsp3) is 0.294. The number of benzene rings is 2. The van der Waals surface area contributed by atoms with Gasteiger partial charge in [0.05, 0.1) is 6.10 Å². The highest BCUT2D eigenvalue weighted by molar-refractivity contribution is 5.45. The number of aliphatic hydroxyl groups excluding tert-OH is 1. The van der Waals surface area contributed by atoms with Crippen molar-refractivity contribution in [1.82, 2.24) is 0 Å². The fourth-order valence-electron chi connectivity index (χ4n) is 2.27. The highest BCUT2D eigenvalue weighted by Crippen LogP contribution is 2.22. The van der Waals surface area contributed by atoms with Crippen molar-refractivity contribution in [2.75, 3.05) is 18.5 Å². The van der Waals surface area contributed by atoms with Crippen LogP contribution in [0.15, 0.2) is 48.5 Å². The molecule has 0 fully saturated rings. The van der Waals surface area contributed by atoms with Crippen LogP contribution in [0.2, 0.25) is 0 Å². The second kappa shape index (κ2) is 6.53. The molecular formula is C17H20FNO. The van der Waals surface area contributed by atoms with Gasteiger partial charge < -0.3 is 10.0 Å². The summed E-state index contributed by atoms with van der Waals surface area (Å²) in [6, 6.07) is 14.3. The molecule has 106 valence electrons. The molecule has 2 aromatic rings. The molecule has 0 aromatic heterocycles. The van der Waals surface area contributed by atoms with E-state index >= 15 is 0 Å². The van der Waals surface area contributed by atoms with Crippen molar-refractivity contribution in [3.63, 3.8) is 0 Å². The molecule has 0 heterocycles. The summed E-state index contributed by atoms with van der Waals surface area (Å²) in [5.74, 6) is -0.242. The second-order valence-corrected chi connectivity index (χ2v) is 5.06. The third-order valence-electron chi connectivity index (χ3n) is 3.53. The Morgan fingerprint density at radius 2 is 1.90 bits per heavy atom. The Labute approximate surface area is 119 Å². The van der Waals surface area contributed by atoms with Gasteiger partial charge in [0, 0.05) is 19.3 Å². The maximum Gasteiger partial charge on any atom is 0.125 e. The summed E-state index contributed by atoms with van der Waals surface area (Å²) >= 11 is 0. The van der Waals surface area contributed by atoms with Gasteiger partial charge in [0.2, 0.25) is 0 Å². The Hall–Kier alpha value is -1.87. The molecule has 0 spiro atoms. The first-order valence-corrected chi connectivity index (χ1v) is 6.78. The lowest BCUT2D eigenvalue weighted by Crippen LogP contribution is -2.20. The van der Waals surface area contributed by atoms with Gasteiger partial charge in [-0.05, 0) is 42.7 Å². The van der Waals surface area contributed by atoms with Crippen molar-refractivity contribution >= 4 is 5.69 Å². The van der Waals surface area contributed by atoms with Crippen molar-refractivity contribution in [1.29, 1.82) is 0 Å². The van der Waals surface area contributed by atoms with E-state index in [4.69, 9.17) is 0 Å². The number of anilines is 1. The Balaban J connectivity index is 1.97. The normalized spacial score (nSPS) is 12.2. The summed E-state index contributed by atoms with van der Waals surface area (Å²) < 4.78 is 13.2. The highest BCUT2D eigenvalue weighted by Gasteiger charge is 2.11. The van der Waals surface area contributed by atoms with Gasteiger partial charge in [-0.1, -0.05) is 30.3 Å². The molecule has 1 unspecified atom stereocenters. The largest absolute Gasteiger partial charge is 0.388 e. The SMILES string of the molecule is Cc1ccccc1C(O)CCN(C)c1cccc(F)c1. The first-order valence-electron chi connectivity index (χ1n) is 6.78. The van der Waals surface area contributed by atoms with Crippen molar-refractivity contribution in [3.05, 3.63) is 65.5 Å². The molecule has 2 nitrogen and oxygen atoms in total. The van der Waals surface area contributed by atoms with Crippen LogP contribution < -0.4 is 4.90 Å². The Kier molecular flexibility index (Phi) is 4.74. The van der Waals surface area contributed by atoms with Crippen molar-refractivity contribution in [2.45, 2.75) is 19.4 Å². The van der Waals surface area contributed by atoms with E-state index in [1.165, 1.54) is 12.1 Å². The standard InChI is InChI=1S/C17H20FNO/c1-13-6-3-4-9-16(13)17(20)10-11-19(2)15-8-5-7-14(18)12-15/h3-9,12,17,20H,10-11H2,1-2H3. The lowest BCUT2D eigenvalue weighted by molar-refractivity contribution is 0.169. The van der Waals surface area contributed by atoms with Crippen molar-refractivity contribution in [3.8, 4) is 0 Å². The van der Waals surface area contributed by atoms with Crippen molar-refractivity contribution < 1.29 is 9.50 Å². The number of halogens is 1. The van der Waals surface area contributed by atoms with E-state index in [0.717, 1.165) is 16.8 Å². The monoisotopic (exact) mass is 273 g/mol. The van der Waals surface area contributed by atoms with E-state index in [2.05, 4.69) is 0 Å². The Morgan fingerprint density at radius 3 is 2.60 bits per heavy atom. The van der Waals surface area contributed by atoms with Crippen LogP contribution >= 0.6 is 0 Å². The van der Waals surface area contributed by atoms with Gasteiger partial charge in [0.15, 0.2) is 0 Å². The molecule has 0 aliphatic heterocycles. The number of rotatable bonds is 5. The summed E-state index contributed by atoms with van der Waals surface area (Å²) in [5.41, 5.74) is 2.87. The van der Waals surface area contributed by atoms with E-state index in [9.17, 15) is 9.50 Å². The van der Waals surface area contributed by atoms with Crippen LogP contribution in [0, 0.1) is 12.7 Å². The minimum Gasteiger partial charge on any atom is -0.388 e. The molecule has 0 amide bonds. The van der Waals surface area contributed by atoms with Gasteiger partial charge in [-0.3, -0.25) is 0 Å². The number of aryl methyl sites for hydroxylation is 1. The fourth-order valence-corrected chi connectivity index (χ4v) is 2.27. The Bertz CT molecular complexity index is 570. The maximum absolute atomic E-state index is 13.2. The summed E-state index contributed by atoms with van der Waals surface area (Å²) in [6.07, 6.45) is 0.116. The van der Waals surface area contributed by atoms with Gasteiger partial charge in [0.25, 0.3) is 0 Å². The molecule has 20 heavy (non-hydrogen) atoms. The average Bonchev–Trinajstić information content (AvgIpc) is 2.45. The van der Waals surface area contributed by atoms with Gasteiger partial charge in [-0.25, -0.2) is 4.39 Å². The number of aliphatic hydroxyl groups is 1.